The third-order valence-electron chi connectivity index (χ3n) is 1.53. The molecule has 0 saturated carbocycles. The van der Waals surface area contributed by atoms with Gasteiger partial charge in [0, 0.05) is 17.5 Å². The minimum absolute atomic E-state index is 0.0249. The molecule has 14 heavy (non-hydrogen) atoms. The highest BCUT2D eigenvalue weighted by Crippen LogP contribution is 2.06. The summed E-state index contributed by atoms with van der Waals surface area (Å²) in [5.74, 6) is 4.82. The van der Waals surface area contributed by atoms with Crippen molar-refractivity contribution in [3.8, 4) is 11.8 Å². The highest BCUT2D eigenvalue weighted by atomic mass is 19.1. The van der Waals surface area contributed by atoms with Gasteiger partial charge >= 0.3 is 0 Å². The molecule has 0 fully saturated rings. The van der Waals surface area contributed by atoms with Gasteiger partial charge < -0.3 is 5.11 Å². The molecule has 0 aliphatic carbocycles. The molecule has 1 N–H and O–H groups in total. The molecule has 0 heterocycles. The lowest BCUT2D eigenvalue weighted by Crippen LogP contribution is -1.86. The van der Waals surface area contributed by atoms with Crippen LogP contribution in [0.15, 0.2) is 18.2 Å². The molecule has 0 radical (unpaired) electrons. The molecule has 0 unspecified atom stereocenters. The van der Waals surface area contributed by atoms with E-state index in [9.17, 15) is 9.18 Å². The van der Waals surface area contributed by atoms with Crippen molar-refractivity contribution in [2.75, 3.05) is 6.61 Å². The lowest BCUT2D eigenvalue weighted by Gasteiger charge is -1.93. The summed E-state index contributed by atoms with van der Waals surface area (Å²) < 4.78 is 12.8. The minimum atomic E-state index is -0.483. The van der Waals surface area contributed by atoms with Crippen LogP contribution in [0.1, 0.15) is 22.3 Å². The molecule has 1 aromatic carbocycles. The van der Waals surface area contributed by atoms with E-state index in [1.807, 2.05) is 0 Å². The fraction of sp³-hybridized carbons (Fsp3) is 0.182. The fourth-order valence-electron chi connectivity index (χ4n) is 0.973. The second-order valence-corrected chi connectivity index (χ2v) is 2.67. The third-order valence-corrected chi connectivity index (χ3v) is 1.53. The summed E-state index contributed by atoms with van der Waals surface area (Å²) in [6, 6.07) is 3.89. The number of carbonyl (C=O) groups excluding carboxylic acids is 1. The fourth-order valence-corrected chi connectivity index (χ4v) is 0.973. The van der Waals surface area contributed by atoms with E-state index in [1.54, 1.807) is 0 Å². The van der Waals surface area contributed by atoms with Crippen LogP contribution in [0.3, 0.4) is 0 Å². The predicted octanol–water partition coefficient (Wildman–Crippen LogP) is 1.37. The molecule has 72 valence electrons. The van der Waals surface area contributed by atoms with Crippen molar-refractivity contribution in [1.29, 1.82) is 0 Å². The Kier molecular flexibility index (Phi) is 3.84. The number of aldehydes is 1. The minimum Gasteiger partial charge on any atom is -0.395 e. The van der Waals surface area contributed by atoms with Crippen LogP contribution in [-0.4, -0.2) is 18.0 Å². The van der Waals surface area contributed by atoms with E-state index in [-0.39, 0.29) is 12.2 Å². The summed E-state index contributed by atoms with van der Waals surface area (Å²) in [7, 11) is 0. The number of halogens is 1. The molecule has 0 atom stereocenters. The van der Waals surface area contributed by atoms with Gasteiger partial charge in [-0.1, -0.05) is 11.8 Å². The van der Waals surface area contributed by atoms with Gasteiger partial charge in [-0.25, -0.2) is 4.39 Å². The number of benzene rings is 1. The molecule has 0 spiro atoms. The molecule has 0 aliphatic heterocycles. The zero-order valence-corrected chi connectivity index (χ0v) is 7.46. The summed E-state index contributed by atoms with van der Waals surface area (Å²) in [6.07, 6.45) is 0.910. The van der Waals surface area contributed by atoms with E-state index >= 15 is 0 Å². The highest BCUT2D eigenvalue weighted by molar-refractivity contribution is 5.75. The molecule has 2 nitrogen and oxygen atoms in total. The number of carbonyl (C=O) groups is 1. The quantitative estimate of drug-likeness (QED) is 0.567. The van der Waals surface area contributed by atoms with Crippen LogP contribution in [0.25, 0.3) is 0 Å². The second kappa shape index (κ2) is 5.15. The first-order valence-corrected chi connectivity index (χ1v) is 4.12. The molecular weight excluding hydrogens is 183 g/mol. The molecule has 0 bridgehead atoms. The largest absolute Gasteiger partial charge is 0.395 e. The van der Waals surface area contributed by atoms with Crippen LogP contribution in [0.5, 0.6) is 0 Å². The Morgan fingerprint density at radius 1 is 1.43 bits per heavy atom. The first-order valence-electron chi connectivity index (χ1n) is 4.12. The number of aliphatic hydroxyl groups is 1. The lowest BCUT2D eigenvalue weighted by atomic mass is 10.1. The summed E-state index contributed by atoms with van der Waals surface area (Å²) >= 11 is 0. The van der Waals surface area contributed by atoms with E-state index in [0.29, 0.717) is 18.3 Å². The standard InChI is InChI=1S/C11H9FO2/c12-11-6-9(3-1-2-4-13)5-10(7-11)8-14/h5-8,13H,2,4H2. The average molecular weight is 192 g/mol. The molecule has 1 aromatic rings. The van der Waals surface area contributed by atoms with Crippen LogP contribution in [0.2, 0.25) is 0 Å². The van der Waals surface area contributed by atoms with Gasteiger partial charge in [0.05, 0.1) is 6.61 Å². The van der Waals surface area contributed by atoms with Crippen molar-refractivity contribution in [2.45, 2.75) is 6.42 Å². The molecule has 0 aliphatic rings. The number of hydrogen-bond acceptors (Lipinski definition) is 2. The Hall–Kier alpha value is -1.66. The summed E-state index contributed by atoms with van der Waals surface area (Å²) in [5, 5.41) is 8.47. The highest BCUT2D eigenvalue weighted by Gasteiger charge is 1.97. The SMILES string of the molecule is O=Cc1cc(F)cc(C#CCCO)c1. The van der Waals surface area contributed by atoms with Crippen molar-refractivity contribution in [2.24, 2.45) is 0 Å². The Balaban J connectivity index is 2.93. The third kappa shape index (κ3) is 3.00. The van der Waals surface area contributed by atoms with E-state index < -0.39 is 5.82 Å². The Labute approximate surface area is 81.4 Å². The number of rotatable bonds is 2. The van der Waals surface area contributed by atoms with Crippen molar-refractivity contribution in [1.82, 2.24) is 0 Å². The van der Waals surface area contributed by atoms with Crippen LogP contribution in [0, 0.1) is 17.7 Å². The predicted molar refractivity (Wildman–Crippen MR) is 50.4 cm³/mol. The zero-order valence-electron chi connectivity index (χ0n) is 7.46. The Morgan fingerprint density at radius 2 is 2.21 bits per heavy atom. The maximum atomic E-state index is 12.8. The topological polar surface area (TPSA) is 37.3 Å². The van der Waals surface area contributed by atoms with Gasteiger partial charge in [0.25, 0.3) is 0 Å². The average Bonchev–Trinajstić information content (AvgIpc) is 2.17. The van der Waals surface area contributed by atoms with Gasteiger partial charge in [-0.15, -0.1) is 0 Å². The first-order chi connectivity index (χ1) is 6.76. The number of hydrogen-bond donors (Lipinski definition) is 1. The maximum Gasteiger partial charge on any atom is 0.150 e. The maximum absolute atomic E-state index is 12.8. The normalized spacial score (nSPS) is 9.00. The van der Waals surface area contributed by atoms with Gasteiger partial charge in [-0.2, -0.15) is 0 Å². The van der Waals surface area contributed by atoms with Crippen LogP contribution in [-0.2, 0) is 0 Å². The van der Waals surface area contributed by atoms with E-state index in [2.05, 4.69) is 11.8 Å². The molecule has 3 heteroatoms. The van der Waals surface area contributed by atoms with Crippen LogP contribution < -0.4 is 0 Å². The van der Waals surface area contributed by atoms with Gasteiger partial charge in [-0.3, -0.25) is 4.79 Å². The number of aliphatic hydroxyl groups excluding tert-OH is 1. The molecule has 0 aromatic heterocycles. The van der Waals surface area contributed by atoms with Crippen molar-refractivity contribution >= 4 is 6.29 Å². The second-order valence-electron chi connectivity index (χ2n) is 2.67. The Bertz CT molecular complexity index is 388. The lowest BCUT2D eigenvalue weighted by molar-refractivity contribution is 0.112. The summed E-state index contributed by atoms with van der Waals surface area (Å²) in [4.78, 5) is 10.4. The molecular formula is C11H9FO2. The summed E-state index contributed by atoms with van der Waals surface area (Å²) in [6.45, 7) is -0.0249. The zero-order chi connectivity index (χ0) is 10.4. The van der Waals surface area contributed by atoms with Gasteiger partial charge in [0.15, 0.2) is 0 Å². The van der Waals surface area contributed by atoms with Crippen molar-refractivity contribution in [3.05, 3.63) is 35.1 Å². The van der Waals surface area contributed by atoms with Gasteiger partial charge in [0.1, 0.15) is 12.1 Å². The van der Waals surface area contributed by atoms with Crippen LogP contribution in [0.4, 0.5) is 4.39 Å². The van der Waals surface area contributed by atoms with E-state index in [4.69, 9.17) is 5.11 Å². The Morgan fingerprint density at radius 3 is 2.86 bits per heavy atom. The van der Waals surface area contributed by atoms with Gasteiger partial charge in [-0.05, 0) is 18.2 Å². The molecule has 0 amide bonds. The monoisotopic (exact) mass is 192 g/mol. The van der Waals surface area contributed by atoms with Crippen LogP contribution >= 0.6 is 0 Å². The van der Waals surface area contributed by atoms with Crippen molar-refractivity contribution in [3.63, 3.8) is 0 Å². The first kappa shape index (κ1) is 10.4. The van der Waals surface area contributed by atoms with Gasteiger partial charge in [0.2, 0.25) is 0 Å². The van der Waals surface area contributed by atoms with E-state index in [1.165, 1.54) is 12.1 Å². The molecule has 0 saturated heterocycles. The summed E-state index contributed by atoms with van der Waals surface area (Å²) in [5.41, 5.74) is 0.707. The van der Waals surface area contributed by atoms with Crippen molar-refractivity contribution < 1.29 is 14.3 Å². The molecule has 1 rings (SSSR count). The smallest absolute Gasteiger partial charge is 0.150 e. The van der Waals surface area contributed by atoms with E-state index in [0.717, 1.165) is 6.07 Å².